The lowest BCUT2D eigenvalue weighted by atomic mass is 10.0. The number of amides is 1. The van der Waals surface area contributed by atoms with Crippen LogP contribution in [-0.2, 0) is 4.79 Å². The largest absolute Gasteiger partial charge is 0.467 e. The maximum Gasteiger partial charge on any atom is 0.224 e. The molecule has 0 aliphatic heterocycles. The number of carbonyl (C=O) groups is 1. The molecule has 1 amide bonds. The highest BCUT2D eigenvalue weighted by molar-refractivity contribution is 5.79. The van der Waals surface area contributed by atoms with Crippen molar-refractivity contribution >= 4 is 5.91 Å². The highest BCUT2D eigenvalue weighted by Gasteiger charge is 2.19. The van der Waals surface area contributed by atoms with Crippen LogP contribution in [0.2, 0.25) is 0 Å². The van der Waals surface area contributed by atoms with Crippen LogP contribution in [0.25, 0.3) is 0 Å². The average Bonchev–Trinajstić information content (AvgIpc) is 2.68. The van der Waals surface area contributed by atoms with Gasteiger partial charge in [-0.3, -0.25) is 4.79 Å². The molecule has 0 saturated carbocycles. The molecule has 0 aliphatic rings. The number of carbonyl (C=O) groups excluding carboxylic acids is 1. The number of hydrogen-bond acceptors (Lipinski definition) is 3. The van der Waals surface area contributed by atoms with E-state index >= 15 is 0 Å². The topological polar surface area (TPSA) is 68.3 Å². The van der Waals surface area contributed by atoms with E-state index in [0.29, 0.717) is 0 Å². The smallest absolute Gasteiger partial charge is 0.224 e. The maximum absolute atomic E-state index is 11.7. The van der Waals surface area contributed by atoms with Gasteiger partial charge < -0.3 is 15.5 Å². The summed E-state index contributed by atoms with van der Waals surface area (Å²) < 4.78 is 5.19. The molecule has 0 aromatic carbocycles. The van der Waals surface area contributed by atoms with E-state index in [1.165, 1.54) is 0 Å². The van der Waals surface area contributed by atoms with Crippen molar-refractivity contribution in [2.45, 2.75) is 32.9 Å². The monoisotopic (exact) mass is 210 g/mol. The fraction of sp³-hybridized carbons (Fsp3) is 0.545. The minimum Gasteiger partial charge on any atom is -0.467 e. The SMILES string of the molecule is CC(N)C(C)C(=O)N[C@H](C)c1ccco1. The molecular formula is C11H18N2O2. The van der Waals surface area contributed by atoms with Crippen LogP contribution < -0.4 is 11.1 Å². The van der Waals surface area contributed by atoms with Crippen LogP contribution in [0.15, 0.2) is 22.8 Å². The molecule has 0 fully saturated rings. The second kappa shape index (κ2) is 4.98. The lowest BCUT2D eigenvalue weighted by Gasteiger charge is -2.18. The first-order valence-electron chi connectivity index (χ1n) is 5.11. The van der Waals surface area contributed by atoms with Gasteiger partial charge in [0.2, 0.25) is 5.91 Å². The average molecular weight is 210 g/mol. The van der Waals surface area contributed by atoms with E-state index in [0.717, 1.165) is 5.76 Å². The standard InChI is InChI=1S/C11H18N2O2/c1-7(8(2)12)11(14)13-9(3)10-5-4-6-15-10/h4-9H,12H2,1-3H3,(H,13,14)/t7?,8?,9-/m1/s1. The van der Waals surface area contributed by atoms with Crippen molar-refractivity contribution < 1.29 is 9.21 Å². The Morgan fingerprint density at radius 2 is 2.13 bits per heavy atom. The summed E-state index contributed by atoms with van der Waals surface area (Å²) in [6.45, 7) is 5.52. The van der Waals surface area contributed by atoms with Gasteiger partial charge in [0.15, 0.2) is 0 Å². The summed E-state index contributed by atoms with van der Waals surface area (Å²) >= 11 is 0. The second-order valence-electron chi connectivity index (χ2n) is 3.89. The van der Waals surface area contributed by atoms with Gasteiger partial charge >= 0.3 is 0 Å². The second-order valence-corrected chi connectivity index (χ2v) is 3.89. The molecule has 0 aliphatic carbocycles. The van der Waals surface area contributed by atoms with Crippen LogP contribution in [0.5, 0.6) is 0 Å². The van der Waals surface area contributed by atoms with Gasteiger partial charge in [-0.05, 0) is 26.0 Å². The molecule has 3 N–H and O–H groups in total. The Kier molecular flexibility index (Phi) is 3.91. The molecule has 1 rings (SSSR count). The summed E-state index contributed by atoms with van der Waals surface area (Å²) in [5.41, 5.74) is 5.65. The van der Waals surface area contributed by atoms with Gasteiger partial charge in [0, 0.05) is 12.0 Å². The highest BCUT2D eigenvalue weighted by Crippen LogP contribution is 2.13. The maximum atomic E-state index is 11.7. The van der Waals surface area contributed by atoms with Gasteiger partial charge in [-0.2, -0.15) is 0 Å². The predicted octanol–water partition coefficient (Wildman–Crippen LogP) is 1.44. The molecule has 3 atom stereocenters. The van der Waals surface area contributed by atoms with Gasteiger partial charge in [0.1, 0.15) is 5.76 Å². The third-order valence-corrected chi connectivity index (χ3v) is 2.53. The first-order chi connectivity index (χ1) is 7.02. The van der Waals surface area contributed by atoms with E-state index in [1.54, 1.807) is 12.3 Å². The van der Waals surface area contributed by atoms with Crippen molar-refractivity contribution in [1.29, 1.82) is 0 Å². The van der Waals surface area contributed by atoms with Gasteiger partial charge in [-0.1, -0.05) is 6.92 Å². The molecular weight excluding hydrogens is 192 g/mol. The van der Waals surface area contributed by atoms with Gasteiger partial charge in [-0.15, -0.1) is 0 Å². The van der Waals surface area contributed by atoms with Crippen LogP contribution in [0, 0.1) is 5.92 Å². The Hall–Kier alpha value is -1.29. The Bertz CT molecular complexity index is 306. The third kappa shape index (κ3) is 3.09. The van der Waals surface area contributed by atoms with Crippen molar-refractivity contribution in [2.24, 2.45) is 11.7 Å². The zero-order valence-corrected chi connectivity index (χ0v) is 9.36. The molecule has 0 spiro atoms. The fourth-order valence-electron chi connectivity index (χ4n) is 1.19. The summed E-state index contributed by atoms with van der Waals surface area (Å²) in [4.78, 5) is 11.7. The first kappa shape index (κ1) is 11.8. The zero-order valence-electron chi connectivity index (χ0n) is 9.36. The molecule has 1 aromatic heterocycles. The zero-order chi connectivity index (χ0) is 11.4. The van der Waals surface area contributed by atoms with Gasteiger partial charge in [0.05, 0.1) is 12.3 Å². The number of rotatable bonds is 4. The van der Waals surface area contributed by atoms with Crippen molar-refractivity contribution in [3.8, 4) is 0 Å². The Morgan fingerprint density at radius 3 is 2.60 bits per heavy atom. The van der Waals surface area contributed by atoms with Crippen LogP contribution in [0.1, 0.15) is 32.6 Å². The molecule has 0 radical (unpaired) electrons. The number of hydrogen-bond donors (Lipinski definition) is 2. The summed E-state index contributed by atoms with van der Waals surface area (Å²) in [7, 11) is 0. The van der Waals surface area contributed by atoms with E-state index in [4.69, 9.17) is 10.2 Å². The number of nitrogens with one attached hydrogen (secondary N) is 1. The van der Waals surface area contributed by atoms with E-state index in [2.05, 4.69) is 5.32 Å². The molecule has 4 heteroatoms. The Balaban J connectivity index is 2.52. The lowest BCUT2D eigenvalue weighted by Crippen LogP contribution is -2.39. The minimum absolute atomic E-state index is 0.0473. The number of nitrogens with two attached hydrogens (primary N) is 1. The lowest BCUT2D eigenvalue weighted by molar-refractivity contribution is -0.125. The number of furan rings is 1. The molecule has 84 valence electrons. The van der Waals surface area contributed by atoms with E-state index in [1.807, 2.05) is 26.8 Å². The van der Waals surface area contributed by atoms with Crippen molar-refractivity contribution in [1.82, 2.24) is 5.32 Å². The Morgan fingerprint density at radius 1 is 1.47 bits per heavy atom. The molecule has 1 heterocycles. The molecule has 0 bridgehead atoms. The van der Waals surface area contributed by atoms with Gasteiger partial charge in [-0.25, -0.2) is 0 Å². The highest BCUT2D eigenvalue weighted by atomic mass is 16.3. The normalized spacial score (nSPS) is 16.8. The minimum atomic E-state index is -0.192. The summed E-state index contributed by atoms with van der Waals surface area (Å²) in [5.74, 6) is 0.511. The summed E-state index contributed by atoms with van der Waals surface area (Å²) in [6, 6.07) is 3.37. The molecule has 15 heavy (non-hydrogen) atoms. The molecule has 2 unspecified atom stereocenters. The van der Waals surface area contributed by atoms with Crippen molar-refractivity contribution in [2.75, 3.05) is 0 Å². The van der Waals surface area contributed by atoms with E-state index in [9.17, 15) is 4.79 Å². The summed E-state index contributed by atoms with van der Waals surface area (Å²) in [6.07, 6.45) is 1.59. The van der Waals surface area contributed by atoms with Crippen LogP contribution >= 0.6 is 0 Å². The van der Waals surface area contributed by atoms with Crippen molar-refractivity contribution in [3.05, 3.63) is 24.2 Å². The van der Waals surface area contributed by atoms with Crippen LogP contribution in [0.4, 0.5) is 0 Å². The van der Waals surface area contributed by atoms with Gasteiger partial charge in [0.25, 0.3) is 0 Å². The summed E-state index contributed by atoms with van der Waals surface area (Å²) in [5, 5.41) is 2.85. The molecule has 4 nitrogen and oxygen atoms in total. The Labute approximate surface area is 89.8 Å². The third-order valence-electron chi connectivity index (χ3n) is 2.53. The van der Waals surface area contributed by atoms with Crippen LogP contribution in [0.3, 0.4) is 0 Å². The molecule has 0 saturated heterocycles. The van der Waals surface area contributed by atoms with Crippen LogP contribution in [-0.4, -0.2) is 11.9 Å². The van der Waals surface area contributed by atoms with Crippen molar-refractivity contribution in [3.63, 3.8) is 0 Å². The van der Waals surface area contributed by atoms with E-state index in [-0.39, 0.29) is 23.9 Å². The molecule has 1 aromatic rings. The predicted molar refractivity (Wildman–Crippen MR) is 58.1 cm³/mol. The van der Waals surface area contributed by atoms with E-state index < -0.39 is 0 Å². The fourth-order valence-corrected chi connectivity index (χ4v) is 1.19. The quantitative estimate of drug-likeness (QED) is 0.790. The first-order valence-corrected chi connectivity index (χ1v) is 5.11.